The van der Waals surface area contributed by atoms with E-state index < -0.39 is 11.9 Å². The van der Waals surface area contributed by atoms with Crippen LogP contribution in [0.25, 0.3) is 11.1 Å². The van der Waals surface area contributed by atoms with Crippen molar-refractivity contribution < 1.29 is 17.9 Å². The first kappa shape index (κ1) is 17.3. The molecule has 130 valence electrons. The van der Waals surface area contributed by atoms with Gasteiger partial charge in [-0.25, -0.2) is 0 Å². The van der Waals surface area contributed by atoms with Crippen LogP contribution < -0.4 is 0 Å². The molecule has 1 aliphatic carbocycles. The SMILES string of the molecule is C=CC(=C)OC1CC(c2ccc(-c3ccc(C(F)(F)F)nc3)cc2)C1. The van der Waals surface area contributed by atoms with E-state index in [0.29, 0.717) is 17.2 Å². The van der Waals surface area contributed by atoms with E-state index in [2.05, 4.69) is 18.1 Å². The zero-order valence-corrected chi connectivity index (χ0v) is 13.6. The first-order valence-corrected chi connectivity index (χ1v) is 7.98. The molecule has 0 atom stereocenters. The van der Waals surface area contributed by atoms with Gasteiger partial charge in [-0.1, -0.05) is 43.5 Å². The molecule has 1 saturated carbocycles. The standard InChI is InChI=1S/C20H18F3NO/c1-3-13(2)25-18-10-17(11-18)15-6-4-14(5-7-15)16-8-9-19(24-12-16)20(21,22)23/h3-9,12,17-18H,1-2,10-11H2. The summed E-state index contributed by atoms with van der Waals surface area (Å²) in [6, 6.07) is 10.3. The second-order valence-corrected chi connectivity index (χ2v) is 6.13. The molecule has 2 nitrogen and oxygen atoms in total. The molecule has 2 aromatic rings. The molecule has 5 heteroatoms. The van der Waals surface area contributed by atoms with Crippen molar-refractivity contribution in [2.24, 2.45) is 0 Å². The van der Waals surface area contributed by atoms with Crippen LogP contribution in [0, 0.1) is 0 Å². The van der Waals surface area contributed by atoms with E-state index in [9.17, 15) is 13.2 Å². The Hall–Kier alpha value is -2.56. The van der Waals surface area contributed by atoms with Crippen molar-refractivity contribution in [1.29, 1.82) is 0 Å². The Bertz CT molecular complexity index is 757. The van der Waals surface area contributed by atoms with Crippen LogP contribution in [-0.4, -0.2) is 11.1 Å². The second-order valence-electron chi connectivity index (χ2n) is 6.13. The second kappa shape index (κ2) is 6.75. The van der Waals surface area contributed by atoms with Crippen molar-refractivity contribution in [2.75, 3.05) is 0 Å². The molecule has 1 heterocycles. The molecular weight excluding hydrogens is 327 g/mol. The van der Waals surface area contributed by atoms with Gasteiger partial charge in [0.05, 0.1) is 6.10 Å². The number of hydrogen-bond donors (Lipinski definition) is 0. The number of aromatic nitrogens is 1. The fourth-order valence-electron chi connectivity index (χ4n) is 2.88. The average molecular weight is 345 g/mol. The zero-order valence-electron chi connectivity index (χ0n) is 13.6. The Morgan fingerprint density at radius 3 is 2.24 bits per heavy atom. The highest BCUT2D eigenvalue weighted by molar-refractivity contribution is 5.63. The van der Waals surface area contributed by atoms with E-state index >= 15 is 0 Å². The summed E-state index contributed by atoms with van der Waals surface area (Å²) in [5, 5.41) is 0. The number of nitrogens with zero attached hydrogens (tertiary/aromatic N) is 1. The predicted octanol–water partition coefficient (Wildman–Crippen LogP) is 5.73. The molecule has 1 aromatic heterocycles. The molecule has 0 N–H and O–H groups in total. The third kappa shape index (κ3) is 3.92. The lowest BCUT2D eigenvalue weighted by atomic mass is 9.77. The topological polar surface area (TPSA) is 22.1 Å². The van der Waals surface area contributed by atoms with Crippen molar-refractivity contribution in [3.63, 3.8) is 0 Å². The minimum atomic E-state index is -4.41. The lowest BCUT2D eigenvalue weighted by Crippen LogP contribution is -2.29. The largest absolute Gasteiger partial charge is 0.491 e. The van der Waals surface area contributed by atoms with Crippen LogP contribution in [0.2, 0.25) is 0 Å². The molecule has 0 unspecified atom stereocenters. The van der Waals surface area contributed by atoms with E-state index in [4.69, 9.17) is 4.74 Å². The smallest absolute Gasteiger partial charge is 0.433 e. The zero-order chi connectivity index (χ0) is 18.0. The number of ether oxygens (including phenoxy) is 1. The van der Waals surface area contributed by atoms with Gasteiger partial charge in [-0.3, -0.25) is 4.98 Å². The van der Waals surface area contributed by atoms with Crippen LogP contribution in [0.3, 0.4) is 0 Å². The Morgan fingerprint density at radius 1 is 1.08 bits per heavy atom. The van der Waals surface area contributed by atoms with Gasteiger partial charge in [0.25, 0.3) is 0 Å². The van der Waals surface area contributed by atoms with Gasteiger partial charge >= 0.3 is 6.18 Å². The third-order valence-electron chi connectivity index (χ3n) is 4.41. The highest BCUT2D eigenvalue weighted by Gasteiger charge is 2.33. The van der Waals surface area contributed by atoms with Gasteiger partial charge < -0.3 is 4.74 Å². The van der Waals surface area contributed by atoms with E-state index in [1.165, 1.54) is 17.8 Å². The Labute approximate surface area is 144 Å². The molecule has 1 fully saturated rings. The highest BCUT2D eigenvalue weighted by Crippen LogP contribution is 2.40. The van der Waals surface area contributed by atoms with E-state index in [-0.39, 0.29) is 6.10 Å². The lowest BCUT2D eigenvalue weighted by Gasteiger charge is -2.35. The lowest BCUT2D eigenvalue weighted by molar-refractivity contribution is -0.141. The molecule has 0 aliphatic heterocycles. The average Bonchev–Trinajstić information content (AvgIpc) is 2.57. The van der Waals surface area contributed by atoms with Crippen LogP contribution >= 0.6 is 0 Å². The molecule has 1 aliphatic rings. The van der Waals surface area contributed by atoms with Crippen LogP contribution in [0.15, 0.2) is 67.6 Å². The summed E-state index contributed by atoms with van der Waals surface area (Å²) in [6.07, 6.45) is 0.463. The van der Waals surface area contributed by atoms with Crippen molar-refractivity contribution in [3.8, 4) is 11.1 Å². The summed E-state index contributed by atoms with van der Waals surface area (Å²) in [7, 11) is 0. The summed E-state index contributed by atoms with van der Waals surface area (Å²) in [5.41, 5.74) is 1.83. The van der Waals surface area contributed by atoms with Crippen LogP contribution in [0.5, 0.6) is 0 Å². The van der Waals surface area contributed by atoms with Gasteiger partial charge in [0, 0.05) is 11.8 Å². The molecule has 0 spiro atoms. The molecule has 0 saturated heterocycles. The van der Waals surface area contributed by atoms with Crippen LogP contribution in [0.4, 0.5) is 13.2 Å². The molecule has 1 aromatic carbocycles. The van der Waals surface area contributed by atoms with Crippen molar-refractivity contribution in [2.45, 2.75) is 31.0 Å². The molecule has 0 bridgehead atoms. The van der Waals surface area contributed by atoms with Gasteiger partial charge in [0.1, 0.15) is 11.5 Å². The fourth-order valence-corrected chi connectivity index (χ4v) is 2.88. The van der Waals surface area contributed by atoms with Crippen LogP contribution in [0.1, 0.15) is 30.0 Å². The number of allylic oxidation sites excluding steroid dienone is 1. The van der Waals surface area contributed by atoms with Crippen LogP contribution in [-0.2, 0) is 10.9 Å². The van der Waals surface area contributed by atoms with Gasteiger partial charge in [-0.2, -0.15) is 13.2 Å². The molecule has 25 heavy (non-hydrogen) atoms. The Kier molecular flexibility index (Phi) is 4.66. The first-order valence-electron chi connectivity index (χ1n) is 7.98. The summed E-state index contributed by atoms with van der Waals surface area (Å²) in [6.45, 7) is 7.36. The molecule has 3 rings (SSSR count). The van der Waals surface area contributed by atoms with Gasteiger partial charge in [0.15, 0.2) is 0 Å². The maximum Gasteiger partial charge on any atom is 0.433 e. The monoisotopic (exact) mass is 345 g/mol. The van der Waals surface area contributed by atoms with Crippen molar-refractivity contribution in [1.82, 2.24) is 4.98 Å². The molecular formula is C20H18F3NO. The van der Waals surface area contributed by atoms with Crippen molar-refractivity contribution in [3.05, 3.63) is 78.8 Å². The number of alkyl halides is 3. The van der Waals surface area contributed by atoms with Gasteiger partial charge in [-0.15, -0.1) is 0 Å². The summed E-state index contributed by atoms with van der Waals surface area (Å²) in [5.74, 6) is 1.02. The maximum absolute atomic E-state index is 12.6. The summed E-state index contributed by atoms with van der Waals surface area (Å²) < 4.78 is 43.3. The summed E-state index contributed by atoms with van der Waals surface area (Å²) in [4.78, 5) is 3.50. The van der Waals surface area contributed by atoms with Gasteiger partial charge in [0.2, 0.25) is 0 Å². The number of halogens is 3. The van der Waals surface area contributed by atoms with E-state index in [0.717, 1.165) is 24.5 Å². The number of rotatable bonds is 5. The normalized spacial score (nSPS) is 19.8. The Morgan fingerprint density at radius 2 is 1.72 bits per heavy atom. The maximum atomic E-state index is 12.6. The number of benzene rings is 1. The minimum Gasteiger partial charge on any atom is -0.491 e. The van der Waals surface area contributed by atoms with Crippen molar-refractivity contribution >= 4 is 0 Å². The predicted molar refractivity (Wildman–Crippen MR) is 90.9 cm³/mol. The highest BCUT2D eigenvalue weighted by atomic mass is 19.4. The fraction of sp³-hybridized carbons (Fsp3) is 0.250. The quantitative estimate of drug-likeness (QED) is 0.510. The Balaban J connectivity index is 1.63. The first-order chi connectivity index (χ1) is 11.9. The van der Waals surface area contributed by atoms with Gasteiger partial charge in [-0.05, 0) is 42.0 Å². The van der Waals surface area contributed by atoms with E-state index in [1.807, 2.05) is 24.3 Å². The number of pyridine rings is 1. The molecule has 0 radical (unpaired) electrons. The molecule has 0 amide bonds. The third-order valence-corrected chi connectivity index (χ3v) is 4.41. The van der Waals surface area contributed by atoms with E-state index in [1.54, 1.807) is 6.08 Å². The summed E-state index contributed by atoms with van der Waals surface area (Å²) >= 11 is 0. The minimum absolute atomic E-state index is 0.175. The number of hydrogen-bond acceptors (Lipinski definition) is 2.